The van der Waals surface area contributed by atoms with E-state index in [4.69, 9.17) is 5.11 Å². The first kappa shape index (κ1) is 12.2. The Kier molecular flexibility index (Phi) is 4.33. The lowest BCUT2D eigenvalue weighted by molar-refractivity contribution is -0.138. The van der Waals surface area contributed by atoms with Crippen LogP contribution in [0.1, 0.15) is 37.3 Å². The first-order valence-electron chi connectivity index (χ1n) is 5.10. The van der Waals surface area contributed by atoms with Crippen molar-refractivity contribution in [2.75, 3.05) is 0 Å². The van der Waals surface area contributed by atoms with Crippen molar-refractivity contribution in [3.8, 4) is 0 Å². The molecule has 0 saturated carbocycles. The van der Waals surface area contributed by atoms with Gasteiger partial charge in [-0.05, 0) is 36.1 Å². The van der Waals surface area contributed by atoms with Gasteiger partial charge in [0.2, 0.25) is 0 Å². The van der Waals surface area contributed by atoms with E-state index in [0.717, 1.165) is 16.5 Å². The third kappa shape index (κ3) is 3.06. The van der Waals surface area contributed by atoms with Gasteiger partial charge in [0.25, 0.3) is 0 Å². The van der Waals surface area contributed by atoms with Crippen LogP contribution in [0.15, 0.2) is 22.7 Å². The van der Waals surface area contributed by atoms with E-state index < -0.39 is 11.9 Å². The first-order chi connectivity index (χ1) is 7.08. The number of rotatable bonds is 4. The molecule has 1 N–H and O–H groups in total. The van der Waals surface area contributed by atoms with Gasteiger partial charge >= 0.3 is 5.97 Å². The lowest BCUT2D eigenvalue weighted by atomic mass is 9.95. The van der Waals surface area contributed by atoms with E-state index in [1.165, 1.54) is 5.56 Å². The summed E-state index contributed by atoms with van der Waals surface area (Å²) < 4.78 is 0.955. The van der Waals surface area contributed by atoms with Gasteiger partial charge < -0.3 is 5.11 Å². The summed E-state index contributed by atoms with van der Waals surface area (Å²) in [6.45, 7) is 3.96. The SMILES string of the molecule is CCc1cc(Br)cc(C(CC)C(=O)O)c1. The van der Waals surface area contributed by atoms with Gasteiger partial charge in [0.15, 0.2) is 0 Å². The molecular weight excluding hydrogens is 256 g/mol. The summed E-state index contributed by atoms with van der Waals surface area (Å²) in [6.07, 6.45) is 1.54. The highest BCUT2D eigenvalue weighted by molar-refractivity contribution is 9.10. The summed E-state index contributed by atoms with van der Waals surface area (Å²) in [5.74, 6) is -1.15. The molecule has 0 radical (unpaired) electrons. The van der Waals surface area contributed by atoms with Crippen LogP contribution >= 0.6 is 15.9 Å². The number of aliphatic carboxylic acids is 1. The Morgan fingerprint density at radius 1 is 1.40 bits per heavy atom. The summed E-state index contributed by atoms with van der Waals surface area (Å²) in [7, 11) is 0. The lowest BCUT2D eigenvalue weighted by Gasteiger charge is -2.12. The van der Waals surface area contributed by atoms with Gasteiger partial charge in [-0.25, -0.2) is 0 Å². The van der Waals surface area contributed by atoms with Gasteiger partial charge in [-0.1, -0.05) is 35.8 Å². The van der Waals surface area contributed by atoms with Crippen molar-refractivity contribution in [1.29, 1.82) is 0 Å². The summed E-state index contributed by atoms with van der Waals surface area (Å²) in [5.41, 5.74) is 2.05. The molecule has 2 nitrogen and oxygen atoms in total. The molecule has 0 amide bonds. The minimum Gasteiger partial charge on any atom is -0.481 e. The second-order valence-corrected chi connectivity index (χ2v) is 4.46. The maximum atomic E-state index is 11.0. The molecule has 0 fully saturated rings. The maximum Gasteiger partial charge on any atom is 0.310 e. The van der Waals surface area contributed by atoms with Crippen LogP contribution in [-0.2, 0) is 11.2 Å². The van der Waals surface area contributed by atoms with E-state index in [1.807, 2.05) is 25.1 Å². The van der Waals surface area contributed by atoms with Gasteiger partial charge in [-0.15, -0.1) is 0 Å². The molecule has 82 valence electrons. The maximum absolute atomic E-state index is 11.0. The van der Waals surface area contributed by atoms with Crippen LogP contribution in [0.3, 0.4) is 0 Å². The number of halogens is 1. The van der Waals surface area contributed by atoms with Crippen LogP contribution < -0.4 is 0 Å². The van der Waals surface area contributed by atoms with Crippen LogP contribution in [0.25, 0.3) is 0 Å². The van der Waals surface area contributed by atoms with Crippen LogP contribution in [0.5, 0.6) is 0 Å². The Morgan fingerprint density at radius 2 is 2.07 bits per heavy atom. The molecule has 3 heteroatoms. The molecular formula is C12H15BrO2. The van der Waals surface area contributed by atoms with Crippen LogP contribution in [0.4, 0.5) is 0 Å². The molecule has 1 rings (SSSR count). The van der Waals surface area contributed by atoms with E-state index in [9.17, 15) is 4.79 Å². The Morgan fingerprint density at radius 3 is 2.53 bits per heavy atom. The van der Waals surface area contributed by atoms with Gasteiger partial charge in [0, 0.05) is 4.47 Å². The number of carboxylic acids is 1. The van der Waals surface area contributed by atoms with Crippen molar-refractivity contribution in [1.82, 2.24) is 0 Å². The number of carbonyl (C=O) groups is 1. The molecule has 1 aromatic carbocycles. The Bertz CT molecular complexity index is 361. The summed E-state index contributed by atoms with van der Waals surface area (Å²) in [5, 5.41) is 9.07. The fourth-order valence-electron chi connectivity index (χ4n) is 1.63. The number of carboxylic acid groups (broad SMARTS) is 1. The molecule has 0 spiro atoms. The van der Waals surface area contributed by atoms with Crippen molar-refractivity contribution in [3.05, 3.63) is 33.8 Å². The average molecular weight is 271 g/mol. The quantitative estimate of drug-likeness (QED) is 0.908. The Labute approximate surface area is 98.4 Å². The molecule has 1 aromatic rings. The molecule has 0 aliphatic rings. The largest absolute Gasteiger partial charge is 0.481 e. The number of aryl methyl sites for hydroxylation is 1. The monoisotopic (exact) mass is 270 g/mol. The molecule has 0 bridgehead atoms. The topological polar surface area (TPSA) is 37.3 Å². The van der Waals surface area contributed by atoms with Crippen molar-refractivity contribution in [2.45, 2.75) is 32.6 Å². The van der Waals surface area contributed by atoms with Gasteiger partial charge in [-0.3, -0.25) is 4.79 Å². The zero-order chi connectivity index (χ0) is 11.4. The normalized spacial score (nSPS) is 12.5. The van der Waals surface area contributed by atoms with Crippen LogP contribution in [0, 0.1) is 0 Å². The van der Waals surface area contributed by atoms with Crippen molar-refractivity contribution < 1.29 is 9.90 Å². The van der Waals surface area contributed by atoms with E-state index in [0.29, 0.717) is 6.42 Å². The Hall–Kier alpha value is -0.830. The van der Waals surface area contributed by atoms with Crippen molar-refractivity contribution in [2.24, 2.45) is 0 Å². The highest BCUT2D eigenvalue weighted by atomic mass is 79.9. The van der Waals surface area contributed by atoms with Gasteiger partial charge in [-0.2, -0.15) is 0 Å². The zero-order valence-electron chi connectivity index (χ0n) is 8.96. The molecule has 0 aliphatic heterocycles. The Balaban J connectivity index is 3.11. The third-order valence-corrected chi connectivity index (χ3v) is 2.95. The molecule has 1 unspecified atom stereocenters. The fraction of sp³-hybridized carbons (Fsp3) is 0.417. The average Bonchev–Trinajstić information content (AvgIpc) is 2.17. The summed E-state index contributed by atoms with van der Waals surface area (Å²) >= 11 is 3.41. The zero-order valence-corrected chi connectivity index (χ0v) is 10.5. The van der Waals surface area contributed by atoms with Gasteiger partial charge in [0.05, 0.1) is 5.92 Å². The highest BCUT2D eigenvalue weighted by Gasteiger charge is 2.18. The molecule has 0 aliphatic carbocycles. The van der Waals surface area contributed by atoms with E-state index in [1.54, 1.807) is 0 Å². The van der Waals surface area contributed by atoms with Crippen molar-refractivity contribution >= 4 is 21.9 Å². The smallest absolute Gasteiger partial charge is 0.310 e. The highest BCUT2D eigenvalue weighted by Crippen LogP contribution is 2.25. The summed E-state index contributed by atoms with van der Waals surface area (Å²) in [6, 6.07) is 5.90. The van der Waals surface area contributed by atoms with E-state index in [-0.39, 0.29) is 0 Å². The standard InChI is InChI=1S/C12H15BrO2/c1-3-8-5-9(7-10(13)6-8)11(4-2)12(14)15/h5-7,11H,3-4H2,1-2H3,(H,14,15). The molecule has 15 heavy (non-hydrogen) atoms. The molecule has 0 aromatic heterocycles. The molecule has 0 saturated heterocycles. The van der Waals surface area contributed by atoms with Gasteiger partial charge in [0.1, 0.15) is 0 Å². The fourth-order valence-corrected chi connectivity index (χ4v) is 2.19. The minimum absolute atomic E-state index is 0.396. The van der Waals surface area contributed by atoms with Crippen LogP contribution in [-0.4, -0.2) is 11.1 Å². The second kappa shape index (κ2) is 5.31. The van der Waals surface area contributed by atoms with Crippen LogP contribution in [0.2, 0.25) is 0 Å². The lowest BCUT2D eigenvalue weighted by Crippen LogP contribution is -2.10. The molecule has 0 heterocycles. The predicted octanol–water partition coefficient (Wildman–Crippen LogP) is 3.59. The summed E-state index contributed by atoms with van der Waals surface area (Å²) in [4.78, 5) is 11.0. The number of hydrogen-bond acceptors (Lipinski definition) is 1. The van der Waals surface area contributed by atoms with E-state index >= 15 is 0 Å². The van der Waals surface area contributed by atoms with E-state index in [2.05, 4.69) is 22.9 Å². The second-order valence-electron chi connectivity index (χ2n) is 3.55. The minimum atomic E-state index is -0.752. The molecule has 1 atom stereocenters. The third-order valence-electron chi connectivity index (χ3n) is 2.50. The number of benzene rings is 1. The number of hydrogen-bond donors (Lipinski definition) is 1. The predicted molar refractivity (Wildman–Crippen MR) is 64.2 cm³/mol. The van der Waals surface area contributed by atoms with Crippen molar-refractivity contribution in [3.63, 3.8) is 0 Å². The first-order valence-corrected chi connectivity index (χ1v) is 5.90.